The topological polar surface area (TPSA) is 118 Å². The third-order valence-electron chi connectivity index (χ3n) is 3.48. The molecule has 3 rings (SSSR count). The third kappa shape index (κ3) is 4.01. The number of carbonyl (C=O) groups excluding carboxylic acids is 1. The largest absolute Gasteiger partial charge is 0.393 e. The van der Waals surface area contributed by atoms with E-state index in [0.717, 1.165) is 5.56 Å². The Labute approximate surface area is 148 Å². The highest BCUT2D eigenvalue weighted by atomic mass is 19.1. The molecule has 1 aromatic carbocycles. The zero-order valence-corrected chi connectivity index (χ0v) is 13.6. The molecule has 0 saturated heterocycles. The van der Waals surface area contributed by atoms with E-state index < -0.39 is 11.7 Å². The third-order valence-corrected chi connectivity index (χ3v) is 3.48. The second-order valence-electron chi connectivity index (χ2n) is 5.26. The molecule has 2 aromatic heterocycles. The molecule has 26 heavy (non-hydrogen) atoms. The number of pyridine rings is 1. The van der Waals surface area contributed by atoms with Gasteiger partial charge in [0, 0.05) is 18.9 Å². The zero-order valence-electron chi connectivity index (χ0n) is 13.6. The molecule has 0 radical (unpaired) electrons. The molecule has 0 aliphatic heterocycles. The Kier molecular flexibility index (Phi) is 5.18. The van der Waals surface area contributed by atoms with Crippen LogP contribution in [-0.2, 0) is 6.54 Å². The summed E-state index contributed by atoms with van der Waals surface area (Å²) in [5, 5.41) is 3.07. The van der Waals surface area contributed by atoms with E-state index in [0.29, 0.717) is 12.4 Å². The number of hydrogen-bond donors (Lipinski definition) is 4. The smallest absolute Gasteiger partial charge is 0.272 e. The number of nitrogens with zero attached hydrogens (tertiary/aromatic N) is 3. The molecular weight excluding hydrogens is 337 g/mol. The van der Waals surface area contributed by atoms with Crippen LogP contribution in [0, 0.1) is 5.82 Å². The summed E-state index contributed by atoms with van der Waals surface area (Å²) in [6.45, 7) is 0.468. The Morgan fingerprint density at radius 1 is 1.12 bits per heavy atom. The number of nitrogens with two attached hydrogens (primary N) is 1. The van der Waals surface area contributed by atoms with Gasteiger partial charge in [0.25, 0.3) is 5.91 Å². The van der Waals surface area contributed by atoms with Gasteiger partial charge in [-0.25, -0.2) is 14.4 Å². The fourth-order valence-electron chi connectivity index (χ4n) is 2.15. The summed E-state index contributed by atoms with van der Waals surface area (Å²) in [6, 6.07) is 9.38. The fraction of sp³-hybridized carbons (Fsp3) is 0.0588. The molecule has 0 spiro atoms. The highest BCUT2D eigenvalue weighted by molar-refractivity contribution is 5.95. The molecule has 0 atom stereocenters. The summed E-state index contributed by atoms with van der Waals surface area (Å²) in [6.07, 6.45) is 4.69. The summed E-state index contributed by atoms with van der Waals surface area (Å²) >= 11 is 0. The predicted molar refractivity (Wildman–Crippen MR) is 95.5 cm³/mol. The van der Waals surface area contributed by atoms with Crippen LogP contribution in [0.2, 0.25) is 0 Å². The maximum Gasteiger partial charge on any atom is 0.272 e. The molecule has 0 aliphatic rings. The summed E-state index contributed by atoms with van der Waals surface area (Å²) < 4.78 is 13.6. The predicted octanol–water partition coefficient (Wildman–Crippen LogP) is 1.96. The number of carbonyl (C=O) groups is 1. The number of benzene rings is 1. The van der Waals surface area contributed by atoms with E-state index >= 15 is 0 Å². The average Bonchev–Trinajstić information content (AvgIpc) is 2.67. The van der Waals surface area contributed by atoms with Gasteiger partial charge in [-0.2, -0.15) is 0 Å². The van der Waals surface area contributed by atoms with Gasteiger partial charge >= 0.3 is 0 Å². The minimum absolute atomic E-state index is 0.0949. The minimum atomic E-state index is -0.647. The van der Waals surface area contributed by atoms with Gasteiger partial charge in [0.05, 0.1) is 5.56 Å². The van der Waals surface area contributed by atoms with Crippen LogP contribution in [0.5, 0.6) is 0 Å². The Morgan fingerprint density at radius 2 is 1.92 bits per heavy atom. The number of hydrazine groups is 1. The second kappa shape index (κ2) is 7.88. The first-order valence-corrected chi connectivity index (χ1v) is 7.69. The number of nitrogens with one attached hydrogen (secondary N) is 3. The lowest BCUT2D eigenvalue weighted by Gasteiger charge is -2.13. The Balaban J connectivity index is 1.65. The molecule has 0 aliphatic carbocycles. The van der Waals surface area contributed by atoms with Gasteiger partial charge in [0.15, 0.2) is 11.6 Å². The van der Waals surface area contributed by atoms with E-state index in [1.165, 1.54) is 24.5 Å². The van der Waals surface area contributed by atoms with E-state index in [1.807, 2.05) is 12.1 Å². The Morgan fingerprint density at radius 3 is 2.69 bits per heavy atom. The van der Waals surface area contributed by atoms with Crippen LogP contribution in [0.1, 0.15) is 15.9 Å². The number of aromatic nitrogens is 3. The van der Waals surface area contributed by atoms with Crippen LogP contribution in [0.15, 0.2) is 55.1 Å². The average molecular weight is 353 g/mol. The molecule has 132 valence electrons. The summed E-state index contributed by atoms with van der Waals surface area (Å²) in [5.74, 6) is -0.683. The van der Waals surface area contributed by atoms with Crippen LogP contribution >= 0.6 is 0 Å². The van der Waals surface area contributed by atoms with Crippen molar-refractivity contribution in [2.24, 2.45) is 0 Å². The highest BCUT2D eigenvalue weighted by Crippen LogP contribution is 2.22. The fourth-order valence-corrected chi connectivity index (χ4v) is 2.15. The Bertz CT molecular complexity index is 905. The molecule has 0 saturated carbocycles. The van der Waals surface area contributed by atoms with E-state index in [2.05, 4.69) is 31.1 Å². The van der Waals surface area contributed by atoms with Crippen molar-refractivity contribution >= 4 is 23.2 Å². The normalized spacial score (nSPS) is 10.2. The molecule has 1 amide bonds. The van der Waals surface area contributed by atoms with E-state index in [1.54, 1.807) is 18.5 Å². The highest BCUT2D eigenvalue weighted by Gasteiger charge is 2.12. The van der Waals surface area contributed by atoms with Crippen LogP contribution in [0.25, 0.3) is 0 Å². The zero-order chi connectivity index (χ0) is 18.4. The summed E-state index contributed by atoms with van der Waals surface area (Å²) in [7, 11) is 0. The molecular formula is C17H16FN7O. The van der Waals surface area contributed by atoms with Gasteiger partial charge < -0.3 is 11.1 Å². The first-order chi connectivity index (χ1) is 12.6. The molecule has 3 aromatic rings. The monoisotopic (exact) mass is 353 g/mol. The van der Waals surface area contributed by atoms with Crippen molar-refractivity contribution in [1.82, 2.24) is 20.4 Å². The number of rotatable bonds is 6. The SMILES string of the molecule is Nc1c(NCc2cccnc2)ncnc1NNC(=O)c1ccccc1F. The van der Waals surface area contributed by atoms with Gasteiger partial charge in [-0.3, -0.25) is 20.6 Å². The lowest BCUT2D eigenvalue weighted by molar-refractivity contribution is 0.0958. The first-order valence-electron chi connectivity index (χ1n) is 7.69. The number of nitrogen functional groups attached to an aromatic ring is 1. The van der Waals surface area contributed by atoms with Crippen LogP contribution in [-0.4, -0.2) is 20.9 Å². The van der Waals surface area contributed by atoms with Crippen LogP contribution in [0.4, 0.5) is 21.7 Å². The molecule has 0 bridgehead atoms. The number of hydrogen-bond acceptors (Lipinski definition) is 7. The van der Waals surface area contributed by atoms with Crippen molar-refractivity contribution in [2.75, 3.05) is 16.5 Å². The minimum Gasteiger partial charge on any atom is -0.393 e. The van der Waals surface area contributed by atoms with Gasteiger partial charge in [0.1, 0.15) is 17.8 Å². The van der Waals surface area contributed by atoms with E-state index in [4.69, 9.17) is 5.73 Å². The second-order valence-corrected chi connectivity index (χ2v) is 5.26. The van der Waals surface area contributed by atoms with Gasteiger partial charge in [-0.15, -0.1) is 0 Å². The maximum atomic E-state index is 13.6. The molecule has 0 unspecified atom stereocenters. The van der Waals surface area contributed by atoms with Crippen molar-refractivity contribution in [3.05, 3.63) is 72.1 Å². The van der Waals surface area contributed by atoms with Crippen molar-refractivity contribution < 1.29 is 9.18 Å². The van der Waals surface area contributed by atoms with Crippen LogP contribution in [0.3, 0.4) is 0 Å². The number of halogens is 1. The van der Waals surface area contributed by atoms with Crippen molar-refractivity contribution in [1.29, 1.82) is 0 Å². The van der Waals surface area contributed by atoms with Crippen molar-refractivity contribution in [3.8, 4) is 0 Å². The molecule has 5 N–H and O–H groups in total. The molecule has 9 heteroatoms. The van der Waals surface area contributed by atoms with Gasteiger partial charge in [-0.1, -0.05) is 18.2 Å². The van der Waals surface area contributed by atoms with E-state index in [-0.39, 0.29) is 17.1 Å². The lowest BCUT2D eigenvalue weighted by Crippen LogP contribution is -2.31. The maximum absolute atomic E-state index is 13.6. The molecule has 8 nitrogen and oxygen atoms in total. The first kappa shape index (κ1) is 17.1. The summed E-state index contributed by atoms with van der Waals surface area (Å²) in [5.41, 5.74) is 12.0. The van der Waals surface area contributed by atoms with Gasteiger partial charge in [-0.05, 0) is 23.8 Å². The quantitative estimate of drug-likeness (QED) is 0.500. The number of anilines is 3. The Hall–Kier alpha value is -3.75. The summed E-state index contributed by atoms with van der Waals surface area (Å²) in [4.78, 5) is 24.1. The molecule has 0 fully saturated rings. The van der Waals surface area contributed by atoms with Crippen LogP contribution < -0.4 is 21.9 Å². The van der Waals surface area contributed by atoms with Crippen molar-refractivity contribution in [3.63, 3.8) is 0 Å². The van der Waals surface area contributed by atoms with Gasteiger partial charge in [0.2, 0.25) is 0 Å². The standard InChI is InChI=1S/C17H16FN7O/c18-13-6-2-1-5-12(13)17(26)25-24-16-14(19)15(22-10-23-16)21-9-11-4-3-7-20-8-11/h1-8,10H,9,19H2,(H,25,26)(H2,21,22,23,24). The number of amides is 1. The van der Waals surface area contributed by atoms with Crippen molar-refractivity contribution in [2.45, 2.75) is 6.54 Å². The van der Waals surface area contributed by atoms with E-state index in [9.17, 15) is 9.18 Å². The lowest BCUT2D eigenvalue weighted by atomic mass is 10.2. The molecule has 2 heterocycles.